The molecule has 116 valence electrons. The van der Waals surface area contributed by atoms with Crippen molar-refractivity contribution in [1.29, 1.82) is 0 Å². The molecule has 1 aliphatic carbocycles. The topological polar surface area (TPSA) is 20.3 Å². The van der Waals surface area contributed by atoms with Crippen LogP contribution in [0.2, 0.25) is 0 Å². The Kier molecular flexibility index (Phi) is 5.92. The van der Waals surface area contributed by atoms with Gasteiger partial charge in [0.2, 0.25) is 0 Å². The Morgan fingerprint density at radius 1 is 1.33 bits per heavy atom. The molecule has 2 nitrogen and oxygen atoms in total. The van der Waals surface area contributed by atoms with Crippen molar-refractivity contribution in [2.45, 2.75) is 45.6 Å². The summed E-state index contributed by atoms with van der Waals surface area (Å²) in [7, 11) is 1.98. The highest BCUT2D eigenvalue weighted by molar-refractivity contribution is 5.81. The van der Waals surface area contributed by atoms with E-state index in [9.17, 15) is 9.18 Å². The third-order valence-corrected chi connectivity index (χ3v) is 4.50. The summed E-state index contributed by atoms with van der Waals surface area (Å²) < 4.78 is 13.7. The van der Waals surface area contributed by atoms with Crippen LogP contribution in [-0.4, -0.2) is 24.3 Å². The van der Waals surface area contributed by atoms with Gasteiger partial charge in [0.25, 0.3) is 0 Å². The lowest BCUT2D eigenvalue weighted by atomic mass is 9.78. The first-order chi connectivity index (χ1) is 10.1. The average Bonchev–Trinajstić information content (AvgIpc) is 2.45. The van der Waals surface area contributed by atoms with E-state index in [0.717, 1.165) is 25.8 Å². The Balaban J connectivity index is 1.90. The maximum Gasteiger partial charge on any atom is 0.137 e. The lowest BCUT2D eigenvalue weighted by Gasteiger charge is -2.31. The van der Waals surface area contributed by atoms with Crippen molar-refractivity contribution < 1.29 is 9.18 Å². The average molecular weight is 291 g/mol. The van der Waals surface area contributed by atoms with Gasteiger partial charge in [0, 0.05) is 31.0 Å². The maximum absolute atomic E-state index is 13.7. The molecule has 1 saturated carbocycles. The Morgan fingerprint density at radius 3 is 2.81 bits per heavy atom. The van der Waals surface area contributed by atoms with Gasteiger partial charge in [-0.05, 0) is 31.9 Å². The number of hydrogen-bond donors (Lipinski definition) is 0. The number of ketones is 1. The minimum Gasteiger partial charge on any atom is -0.301 e. The molecule has 0 spiro atoms. The highest BCUT2D eigenvalue weighted by Crippen LogP contribution is 2.30. The third-order valence-electron chi connectivity index (χ3n) is 4.50. The summed E-state index contributed by atoms with van der Waals surface area (Å²) in [5.41, 5.74) is 0.702. The lowest BCUT2D eigenvalue weighted by molar-refractivity contribution is -0.126. The zero-order chi connectivity index (χ0) is 15.2. The molecular formula is C18H26FNO. The Hall–Kier alpha value is -1.22. The van der Waals surface area contributed by atoms with Crippen LogP contribution in [0.3, 0.4) is 0 Å². The Morgan fingerprint density at radius 2 is 2.10 bits per heavy atom. The van der Waals surface area contributed by atoms with Crippen LogP contribution in [0.25, 0.3) is 0 Å². The lowest BCUT2D eigenvalue weighted by Crippen LogP contribution is -2.34. The highest BCUT2D eigenvalue weighted by Gasteiger charge is 2.29. The highest BCUT2D eigenvalue weighted by atomic mass is 19.1. The number of rotatable bonds is 6. The monoisotopic (exact) mass is 291 g/mol. The van der Waals surface area contributed by atoms with Crippen molar-refractivity contribution in [3.63, 3.8) is 0 Å². The quantitative estimate of drug-likeness (QED) is 0.788. The molecule has 0 aromatic heterocycles. The second kappa shape index (κ2) is 7.69. The fourth-order valence-electron chi connectivity index (χ4n) is 3.41. The van der Waals surface area contributed by atoms with Gasteiger partial charge in [-0.2, -0.15) is 0 Å². The number of carbonyl (C=O) groups excluding carboxylic acids is 1. The van der Waals surface area contributed by atoms with Crippen LogP contribution in [0.5, 0.6) is 0 Å². The molecule has 1 aromatic carbocycles. The molecule has 3 heteroatoms. The molecule has 2 atom stereocenters. The predicted octanol–water partition coefficient (Wildman–Crippen LogP) is 4.04. The second-order valence-electron chi connectivity index (χ2n) is 6.38. The zero-order valence-corrected chi connectivity index (χ0v) is 13.1. The van der Waals surface area contributed by atoms with E-state index in [1.54, 1.807) is 6.07 Å². The van der Waals surface area contributed by atoms with E-state index in [4.69, 9.17) is 0 Å². The molecule has 0 radical (unpaired) electrons. The van der Waals surface area contributed by atoms with Gasteiger partial charge in [-0.1, -0.05) is 38.0 Å². The van der Waals surface area contributed by atoms with Gasteiger partial charge < -0.3 is 4.90 Å². The first kappa shape index (κ1) is 16.2. The van der Waals surface area contributed by atoms with Crippen molar-refractivity contribution >= 4 is 5.78 Å². The van der Waals surface area contributed by atoms with Crippen LogP contribution < -0.4 is 0 Å². The van der Waals surface area contributed by atoms with Crippen molar-refractivity contribution in [1.82, 2.24) is 4.90 Å². The Bertz CT molecular complexity index is 474. The first-order valence-corrected chi connectivity index (χ1v) is 8.04. The molecule has 0 amide bonds. The molecule has 0 bridgehead atoms. The van der Waals surface area contributed by atoms with E-state index in [1.165, 1.54) is 18.9 Å². The molecule has 21 heavy (non-hydrogen) atoms. The minimum absolute atomic E-state index is 0.132. The number of benzene rings is 1. The van der Waals surface area contributed by atoms with Crippen LogP contribution in [0.1, 0.15) is 44.6 Å². The number of Topliss-reactive ketones (excluding diaryl/α,β-unsaturated/α-hetero) is 1. The van der Waals surface area contributed by atoms with E-state index in [2.05, 4.69) is 11.8 Å². The van der Waals surface area contributed by atoms with Crippen LogP contribution in [0, 0.1) is 17.7 Å². The van der Waals surface area contributed by atoms with Gasteiger partial charge in [0.05, 0.1) is 0 Å². The molecule has 0 heterocycles. The van der Waals surface area contributed by atoms with E-state index in [1.807, 2.05) is 19.2 Å². The number of hydrogen-bond acceptors (Lipinski definition) is 2. The molecule has 1 aliphatic rings. The SMILES string of the molecule is CCCC1CCC(=O)C(CN(C)Cc2ccccc2F)C1. The molecule has 2 rings (SSSR count). The van der Waals surface area contributed by atoms with Gasteiger partial charge in [-0.15, -0.1) is 0 Å². The molecular weight excluding hydrogens is 265 g/mol. The zero-order valence-electron chi connectivity index (χ0n) is 13.1. The largest absolute Gasteiger partial charge is 0.301 e. The number of carbonyl (C=O) groups is 1. The smallest absolute Gasteiger partial charge is 0.137 e. The maximum atomic E-state index is 13.7. The van der Waals surface area contributed by atoms with Gasteiger partial charge in [-0.25, -0.2) is 4.39 Å². The molecule has 0 N–H and O–H groups in total. The van der Waals surface area contributed by atoms with Crippen molar-refractivity contribution in [2.24, 2.45) is 11.8 Å². The van der Waals surface area contributed by atoms with E-state index >= 15 is 0 Å². The third kappa shape index (κ3) is 4.63. The van der Waals surface area contributed by atoms with Crippen LogP contribution >= 0.6 is 0 Å². The summed E-state index contributed by atoms with van der Waals surface area (Å²) in [5, 5.41) is 0. The summed E-state index contributed by atoms with van der Waals surface area (Å²) in [4.78, 5) is 14.2. The fourth-order valence-corrected chi connectivity index (χ4v) is 3.41. The predicted molar refractivity (Wildman–Crippen MR) is 83.5 cm³/mol. The normalized spacial score (nSPS) is 22.8. The molecule has 1 aromatic rings. The summed E-state index contributed by atoms with van der Waals surface area (Å²) in [6.45, 7) is 3.51. The van der Waals surface area contributed by atoms with E-state index < -0.39 is 0 Å². The molecule has 2 unspecified atom stereocenters. The van der Waals surface area contributed by atoms with E-state index in [0.29, 0.717) is 23.8 Å². The molecule has 1 fully saturated rings. The number of nitrogens with zero attached hydrogens (tertiary/aromatic N) is 1. The van der Waals surface area contributed by atoms with E-state index in [-0.39, 0.29) is 11.7 Å². The summed E-state index contributed by atoms with van der Waals surface area (Å²) >= 11 is 0. The first-order valence-electron chi connectivity index (χ1n) is 8.04. The summed E-state index contributed by atoms with van der Waals surface area (Å²) in [6.07, 6.45) is 5.20. The van der Waals surface area contributed by atoms with Gasteiger partial charge in [0.15, 0.2) is 0 Å². The molecule has 0 aliphatic heterocycles. The Labute approximate surface area is 127 Å². The van der Waals surface area contributed by atoms with Crippen LogP contribution in [-0.2, 0) is 11.3 Å². The van der Waals surface area contributed by atoms with Crippen molar-refractivity contribution in [2.75, 3.05) is 13.6 Å². The fraction of sp³-hybridized carbons (Fsp3) is 0.611. The number of halogens is 1. The van der Waals surface area contributed by atoms with Crippen LogP contribution in [0.15, 0.2) is 24.3 Å². The molecule has 0 saturated heterocycles. The standard InChI is InChI=1S/C18H26FNO/c1-3-6-14-9-10-18(21)16(11-14)13-20(2)12-15-7-4-5-8-17(15)19/h4-5,7-8,14,16H,3,6,9-13H2,1-2H3. The summed E-state index contributed by atoms with van der Waals surface area (Å²) in [6, 6.07) is 6.87. The van der Waals surface area contributed by atoms with Crippen molar-refractivity contribution in [3.05, 3.63) is 35.6 Å². The van der Waals surface area contributed by atoms with Gasteiger partial charge >= 0.3 is 0 Å². The van der Waals surface area contributed by atoms with Crippen molar-refractivity contribution in [3.8, 4) is 0 Å². The van der Waals surface area contributed by atoms with Crippen LogP contribution in [0.4, 0.5) is 4.39 Å². The summed E-state index contributed by atoms with van der Waals surface area (Å²) in [5.74, 6) is 1.05. The second-order valence-corrected chi connectivity index (χ2v) is 6.38. The minimum atomic E-state index is -0.164. The van der Waals surface area contributed by atoms with Gasteiger partial charge in [0.1, 0.15) is 11.6 Å². The van der Waals surface area contributed by atoms with Gasteiger partial charge in [-0.3, -0.25) is 4.79 Å².